The lowest BCUT2D eigenvalue weighted by Gasteiger charge is -1.63. The van der Waals surface area contributed by atoms with Gasteiger partial charge in [0.05, 0.1) is 18.6 Å². The van der Waals surface area contributed by atoms with Gasteiger partial charge >= 0.3 is 0 Å². The molecule has 0 aliphatic carbocycles. The van der Waals surface area contributed by atoms with Crippen molar-refractivity contribution in [1.29, 1.82) is 0 Å². The van der Waals surface area contributed by atoms with Crippen LogP contribution in [0.1, 0.15) is 0 Å². The molecule has 0 aliphatic heterocycles. The van der Waals surface area contributed by atoms with Crippen LogP contribution in [0.4, 0.5) is 0 Å². The molecule has 2 heterocycles. The zero-order valence-electron chi connectivity index (χ0n) is 6.51. The first-order valence-electron chi connectivity index (χ1n) is 3.52. The van der Waals surface area contributed by atoms with Crippen molar-refractivity contribution in [2.24, 2.45) is 0 Å². The lowest BCUT2D eigenvalue weighted by molar-refractivity contribution is -0.382. The van der Waals surface area contributed by atoms with Crippen molar-refractivity contribution in [3.8, 4) is 0 Å². The highest BCUT2D eigenvalue weighted by Gasteiger charge is 1.69. The molecule has 2 aromatic heterocycles. The summed E-state index contributed by atoms with van der Waals surface area (Å²) in [6.07, 6.45) is 12.1. The van der Waals surface area contributed by atoms with E-state index in [1.54, 1.807) is 37.3 Å². The molecule has 2 N–H and O–H groups in total. The second-order valence-electron chi connectivity index (χ2n) is 1.90. The number of nitrogens with one attached hydrogen (secondary N) is 2. The summed E-state index contributed by atoms with van der Waals surface area (Å²) in [5, 5.41) is 0. The molecule has 0 aromatic carbocycles. The fraction of sp³-hybridized carbons (Fsp3) is 0. The standard InChI is InChI=1S/2C4H4N2/c1-2-6-4-3-5-1;1-2-5-4-6-3-1/h2*1-4H/p+2. The normalized spacial score (nSPS) is 8.00. The van der Waals surface area contributed by atoms with Gasteiger partial charge in [0, 0.05) is 6.07 Å². The zero-order valence-corrected chi connectivity index (χ0v) is 6.51. The highest BCUT2D eigenvalue weighted by Crippen LogP contribution is 1.60. The van der Waals surface area contributed by atoms with Crippen LogP contribution >= 0.6 is 0 Å². The maximum atomic E-state index is 3.75. The fourth-order valence-electron chi connectivity index (χ4n) is 0.555. The summed E-state index contributed by atoms with van der Waals surface area (Å²) in [4.78, 5) is 13.1. The van der Waals surface area contributed by atoms with Gasteiger partial charge in [-0.3, -0.25) is 9.97 Å². The Morgan fingerprint density at radius 2 is 1.58 bits per heavy atom. The van der Waals surface area contributed by atoms with Gasteiger partial charge in [-0.1, -0.05) is 4.98 Å². The Morgan fingerprint density at radius 3 is 1.75 bits per heavy atom. The average Bonchev–Trinajstić information content (AvgIpc) is 2.24. The van der Waals surface area contributed by atoms with E-state index in [1.807, 2.05) is 12.3 Å². The summed E-state index contributed by atoms with van der Waals surface area (Å²) in [6.45, 7) is 0. The number of rotatable bonds is 0. The summed E-state index contributed by atoms with van der Waals surface area (Å²) in [7, 11) is 0. The Labute approximate surface area is 70.4 Å². The van der Waals surface area contributed by atoms with Crippen molar-refractivity contribution in [2.75, 3.05) is 0 Å². The molecule has 0 saturated carbocycles. The van der Waals surface area contributed by atoms with Crippen molar-refractivity contribution in [1.82, 2.24) is 9.97 Å². The predicted molar refractivity (Wildman–Crippen MR) is 41.6 cm³/mol. The predicted octanol–water partition coefficient (Wildman–Crippen LogP) is -0.209. The van der Waals surface area contributed by atoms with Crippen LogP contribution in [0.25, 0.3) is 0 Å². The number of aromatic nitrogens is 4. The van der Waals surface area contributed by atoms with Gasteiger partial charge in [-0.2, -0.15) is 0 Å². The van der Waals surface area contributed by atoms with Crippen molar-refractivity contribution in [3.05, 3.63) is 49.6 Å². The third-order valence-electron chi connectivity index (χ3n) is 1.03. The van der Waals surface area contributed by atoms with Crippen molar-refractivity contribution < 1.29 is 9.97 Å². The lowest BCUT2D eigenvalue weighted by atomic mass is 10.7. The average molecular weight is 162 g/mol. The van der Waals surface area contributed by atoms with E-state index in [0.29, 0.717) is 0 Å². The lowest BCUT2D eigenvalue weighted by Crippen LogP contribution is -1.96. The fourth-order valence-corrected chi connectivity index (χ4v) is 0.555. The third kappa shape index (κ3) is 4.05. The van der Waals surface area contributed by atoms with Crippen molar-refractivity contribution in [3.63, 3.8) is 0 Å². The van der Waals surface area contributed by atoms with Crippen LogP contribution in [0.5, 0.6) is 0 Å². The summed E-state index contributed by atoms with van der Waals surface area (Å²) >= 11 is 0. The number of hydrogen-bond donors (Lipinski definition) is 0. The van der Waals surface area contributed by atoms with Gasteiger partial charge in [0.15, 0.2) is 12.4 Å². The Balaban J connectivity index is 0.000000120. The molecule has 60 valence electrons. The van der Waals surface area contributed by atoms with Crippen LogP contribution in [0, 0.1) is 0 Å². The Bertz CT molecular complexity index is 186. The first-order valence-corrected chi connectivity index (χ1v) is 3.52. The molecule has 4 heteroatoms. The highest BCUT2D eigenvalue weighted by atomic mass is 14.8. The van der Waals surface area contributed by atoms with Crippen molar-refractivity contribution >= 4 is 0 Å². The quantitative estimate of drug-likeness (QED) is 0.538. The molecular weight excluding hydrogens is 152 g/mol. The molecule has 0 aliphatic rings. The number of hydrogen-bond acceptors (Lipinski definition) is 2. The number of nitrogens with zero attached hydrogens (tertiary/aromatic N) is 2. The first kappa shape index (κ1) is 8.26. The van der Waals surface area contributed by atoms with Crippen LogP contribution in [0.15, 0.2) is 49.6 Å². The van der Waals surface area contributed by atoms with E-state index >= 15 is 0 Å². The molecule has 0 radical (unpaired) electrons. The van der Waals surface area contributed by atoms with Gasteiger partial charge < -0.3 is 0 Å². The molecule has 12 heavy (non-hydrogen) atoms. The Kier molecular flexibility index (Phi) is 4.07. The second-order valence-corrected chi connectivity index (χ2v) is 1.90. The van der Waals surface area contributed by atoms with Crippen LogP contribution in [0.3, 0.4) is 0 Å². The van der Waals surface area contributed by atoms with Crippen molar-refractivity contribution in [2.45, 2.75) is 0 Å². The second kappa shape index (κ2) is 5.91. The molecule has 0 bridgehead atoms. The molecule has 0 amide bonds. The van der Waals surface area contributed by atoms with E-state index in [4.69, 9.17) is 0 Å². The minimum absolute atomic E-state index is 1.62. The monoisotopic (exact) mass is 162 g/mol. The highest BCUT2D eigenvalue weighted by molar-refractivity contribution is 4.67. The smallest absolute Gasteiger partial charge is 0.252 e. The minimum atomic E-state index is 1.62. The van der Waals surface area contributed by atoms with E-state index < -0.39 is 0 Å². The Morgan fingerprint density at radius 1 is 0.750 bits per heavy atom. The maximum Gasteiger partial charge on any atom is 0.283 e. The molecule has 2 aromatic rings. The van der Waals surface area contributed by atoms with Gasteiger partial charge in [0.25, 0.3) is 6.33 Å². The van der Waals surface area contributed by atoms with Crippen LogP contribution < -0.4 is 9.97 Å². The molecule has 2 rings (SSSR count). The van der Waals surface area contributed by atoms with Crippen LogP contribution in [0.2, 0.25) is 0 Å². The molecule has 0 fully saturated rings. The van der Waals surface area contributed by atoms with Gasteiger partial charge in [-0.15, -0.1) is 0 Å². The number of aromatic amines is 2. The number of H-pyrrole nitrogens is 2. The SMILES string of the molecule is c1c[nH+]ccn1.c1cnc[nH+]c1. The Hall–Kier alpha value is -1.84. The molecule has 0 saturated heterocycles. The van der Waals surface area contributed by atoms with E-state index in [-0.39, 0.29) is 0 Å². The summed E-state index contributed by atoms with van der Waals surface area (Å²) in [5.41, 5.74) is 0. The van der Waals surface area contributed by atoms with Crippen LogP contribution in [-0.2, 0) is 0 Å². The first-order chi connectivity index (χ1) is 6.00. The van der Waals surface area contributed by atoms with E-state index in [2.05, 4.69) is 19.9 Å². The van der Waals surface area contributed by atoms with E-state index in [9.17, 15) is 0 Å². The molecular formula is C8H10N4+2. The van der Waals surface area contributed by atoms with Gasteiger partial charge in [-0.25, -0.2) is 4.98 Å². The van der Waals surface area contributed by atoms with Gasteiger partial charge in [0.2, 0.25) is 0 Å². The largest absolute Gasteiger partial charge is 0.283 e. The third-order valence-corrected chi connectivity index (χ3v) is 1.03. The molecule has 0 unspecified atom stereocenters. The summed E-state index contributed by atoms with van der Waals surface area (Å²) in [6, 6.07) is 1.83. The summed E-state index contributed by atoms with van der Waals surface area (Å²) in [5.74, 6) is 0. The molecule has 0 atom stereocenters. The molecule has 0 spiro atoms. The van der Waals surface area contributed by atoms with Gasteiger partial charge in [-0.05, 0) is 0 Å². The van der Waals surface area contributed by atoms with Gasteiger partial charge in [0.1, 0.15) is 6.20 Å². The topological polar surface area (TPSA) is 54.1 Å². The summed E-state index contributed by atoms with van der Waals surface area (Å²) < 4.78 is 0. The van der Waals surface area contributed by atoms with E-state index in [0.717, 1.165) is 0 Å². The van der Waals surface area contributed by atoms with E-state index in [1.165, 1.54) is 0 Å². The minimum Gasteiger partial charge on any atom is -0.252 e. The zero-order chi connectivity index (χ0) is 8.49. The van der Waals surface area contributed by atoms with Crippen LogP contribution in [-0.4, -0.2) is 9.97 Å². The maximum absolute atomic E-state index is 3.75. The molecule has 4 nitrogen and oxygen atoms in total.